The molecule has 2 unspecified atom stereocenters. The van der Waals surface area contributed by atoms with Gasteiger partial charge in [0.2, 0.25) is 0 Å². The summed E-state index contributed by atoms with van der Waals surface area (Å²) in [5.41, 5.74) is 3.69. The molecule has 0 aromatic rings. The highest BCUT2D eigenvalue weighted by atomic mass is 16.3. The Hall–Kier alpha value is -0.900. The average Bonchev–Trinajstić information content (AvgIpc) is 3.04. The summed E-state index contributed by atoms with van der Waals surface area (Å²) in [5, 5.41) is 30.4. The van der Waals surface area contributed by atoms with E-state index in [1.807, 2.05) is 0 Å². The second-order valence-electron chi connectivity index (χ2n) is 11.0. The Kier molecular flexibility index (Phi) is 7.69. The maximum absolute atomic E-state index is 10.3. The van der Waals surface area contributed by atoms with Crippen molar-refractivity contribution < 1.29 is 15.3 Å². The van der Waals surface area contributed by atoms with E-state index in [0.29, 0.717) is 36.0 Å². The third kappa shape index (κ3) is 4.95. The number of rotatable bonds is 6. The SMILES string of the molecule is C=C1/C(=C\C=C2CCC[C@@]3(C)C2CC[C@@H]3[C@H](C)CC[C@@H](O)C(C)C)C[C@@H](O)CC1O. The molecular formula is C27H44O3. The quantitative estimate of drug-likeness (QED) is 0.531. The van der Waals surface area contributed by atoms with E-state index < -0.39 is 12.2 Å². The number of allylic oxidation sites excluding steroid dienone is 3. The van der Waals surface area contributed by atoms with Gasteiger partial charge in [-0.25, -0.2) is 0 Å². The van der Waals surface area contributed by atoms with E-state index in [-0.39, 0.29) is 6.10 Å². The molecule has 0 spiro atoms. The lowest BCUT2D eigenvalue weighted by Gasteiger charge is -2.44. The van der Waals surface area contributed by atoms with Gasteiger partial charge in [-0.1, -0.05) is 52.0 Å². The molecule has 3 fully saturated rings. The molecule has 3 aliphatic carbocycles. The minimum atomic E-state index is -0.618. The van der Waals surface area contributed by atoms with Crippen molar-refractivity contribution in [3.8, 4) is 0 Å². The molecule has 0 heterocycles. The fourth-order valence-corrected chi connectivity index (χ4v) is 6.65. The van der Waals surface area contributed by atoms with Crippen LogP contribution in [0.1, 0.15) is 85.5 Å². The van der Waals surface area contributed by atoms with Gasteiger partial charge >= 0.3 is 0 Å². The van der Waals surface area contributed by atoms with Crippen molar-refractivity contribution in [3.63, 3.8) is 0 Å². The molecule has 3 heteroatoms. The van der Waals surface area contributed by atoms with Crippen LogP contribution in [0.2, 0.25) is 0 Å². The molecular weight excluding hydrogens is 372 g/mol. The van der Waals surface area contributed by atoms with E-state index in [9.17, 15) is 15.3 Å². The van der Waals surface area contributed by atoms with Crippen LogP contribution >= 0.6 is 0 Å². The molecule has 0 radical (unpaired) electrons. The predicted octanol–water partition coefficient (Wildman–Crippen LogP) is 5.56. The third-order valence-corrected chi connectivity index (χ3v) is 8.68. The Morgan fingerprint density at radius 1 is 1.13 bits per heavy atom. The van der Waals surface area contributed by atoms with Gasteiger partial charge in [0.1, 0.15) is 0 Å². The Morgan fingerprint density at radius 3 is 2.57 bits per heavy atom. The zero-order valence-corrected chi connectivity index (χ0v) is 19.6. The van der Waals surface area contributed by atoms with E-state index in [4.69, 9.17) is 0 Å². The van der Waals surface area contributed by atoms with Gasteiger partial charge in [-0.2, -0.15) is 0 Å². The van der Waals surface area contributed by atoms with Crippen LogP contribution in [0.3, 0.4) is 0 Å². The van der Waals surface area contributed by atoms with Gasteiger partial charge in [-0.15, -0.1) is 0 Å². The molecule has 3 rings (SSSR count). The van der Waals surface area contributed by atoms with E-state index in [1.165, 1.54) is 25.7 Å². The second kappa shape index (κ2) is 9.71. The molecule has 3 nitrogen and oxygen atoms in total. The van der Waals surface area contributed by atoms with Gasteiger partial charge in [0.15, 0.2) is 0 Å². The van der Waals surface area contributed by atoms with E-state index in [1.54, 1.807) is 5.57 Å². The van der Waals surface area contributed by atoms with Crippen LogP contribution in [0.5, 0.6) is 0 Å². The highest BCUT2D eigenvalue weighted by Gasteiger charge is 2.50. The van der Waals surface area contributed by atoms with Crippen LogP contribution in [0.4, 0.5) is 0 Å². The van der Waals surface area contributed by atoms with Crippen molar-refractivity contribution in [1.29, 1.82) is 0 Å². The molecule has 3 N–H and O–H groups in total. The van der Waals surface area contributed by atoms with Crippen LogP contribution in [0.25, 0.3) is 0 Å². The molecule has 0 aromatic heterocycles. The van der Waals surface area contributed by atoms with E-state index in [0.717, 1.165) is 36.3 Å². The highest BCUT2D eigenvalue weighted by molar-refractivity contribution is 5.38. The highest BCUT2D eigenvalue weighted by Crippen LogP contribution is 2.60. The fourth-order valence-electron chi connectivity index (χ4n) is 6.65. The lowest BCUT2D eigenvalue weighted by Crippen LogP contribution is -2.36. The van der Waals surface area contributed by atoms with Gasteiger partial charge in [0.05, 0.1) is 18.3 Å². The second-order valence-corrected chi connectivity index (χ2v) is 11.0. The Morgan fingerprint density at radius 2 is 1.87 bits per heavy atom. The maximum atomic E-state index is 10.3. The van der Waals surface area contributed by atoms with Crippen molar-refractivity contribution in [2.45, 2.75) is 104 Å². The number of hydrogen-bond acceptors (Lipinski definition) is 3. The first-order valence-electron chi connectivity index (χ1n) is 12.3. The predicted molar refractivity (Wildman–Crippen MR) is 124 cm³/mol. The minimum Gasteiger partial charge on any atom is -0.393 e. The van der Waals surface area contributed by atoms with Crippen molar-refractivity contribution >= 4 is 0 Å². The summed E-state index contributed by atoms with van der Waals surface area (Å²) in [5.74, 6) is 2.35. The molecule has 30 heavy (non-hydrogen) atoms. The first-order valence-corrected chi connectivity index (χ1v) is 12.3. The number of aliphatic hydroxyl groups excluding tert-OH is 3. The molecule has 3 aliphatic rings. The molecule has 0 amide bonds. The number of fused-ring (bicyclic) bond motifs is 1. The first-order chi connectivity index (χ1) is 14.1. The van der Waals surface area contributed by atoms with Gasteiger partial charge in [0, 0.05) is 6.42 Å². The zero-order valence-electron chi connectivity index (χ0n) is 19.6. The van der Waals surface area contributed by atoms with Gasteiger partial charge < -0.3 is 15.3 Å². The van der Waals surface area contributed by atoms with Crippen LogP contribution < -0.4 is 0 Å². The zero-order chi connectivity index (χ0) is 22.1. The van der Waals surface area contributed by atoms with Crippen molar-refractivity contribution in [2.24, 2.45) is 29.1 Å². The molecule has 0 bridgehead atoms. The van der Waals surface area contributed by atoms with E-state index >= 15 is 0 Å². The fraction of sp³-hybridized carbons (Fsp3) is 0.778. The smallest absolute Gasteiger partial charge is 0.0811 e. The van der Waals surface area contributed by atoms with Crippen molar-refractivity contribution in [3.05, 3.63) is 35.5 Å². The summed E-state index contributed by atoms with van der Waals surface area (Å²) in [7, 11) is 0. The topological polar surface area (TPSA) is 60.7 Å². The van der Waals surface area contributed by atoms with Crippen LogP contribution in [0.15, 0.2) is 35.5 Å². The Labute approximate surface area is 184 Å². The van der Waals surface area contributed by atoms with Gasteiger partial charge in [-0.3, -0.25) is 0 Å². The number of aliphatic hydroxyl groups is 3. The van der Waals surface area contributed by atoms with Gasteiger partial charge in [0.25, 0.3) is 0 Å². The largest absolute Gasteiger partial charge is 0.393 e. The van der Waals surface area contributed by atoms with Crippen molar-refractivity contribution in [1.82, 2.24) is 0 Å². The van der Waals surface area contributed by atoms with Crippen LogP contribution in [-0.4, -0.2) is 33.6 Å². The molecule has 0 aromatic carbocycles. The third-order valence-electron chi connectivity index (χ3n) is 8.68. The summed E-state index contributed by atoms with van der Waals surface area (Å²) in [6, 6.07) is 0. The molecule has 170 valence electrons. The molecule has 3 saturated carbocycles. The first kappa shape index (κ1) is 23.8. The molecule has 7 atom stereocenters. The Bertz CT molecular complexity index is 676. The Balaban J connectivity index is 1.72. The summed E-state index contributed by atoms with van der Waals surface area (Å²) < 4.78 is 0. The maximum Gasteiger partial charge on any atom is 0.0811 e. The summed E-state index contributed by atoms with van der Waals surface area (Å²) in [6.45, 7) is 13.2. The van der Waals surface area contributed by atoms with Gasteiger partial charge in [-0.05, 0) is 91.6 Å². The lowest BCUT2D eigenvalue weighted by molar-refractivity contribution is 0.0717. The van der Waals surface area contributed by atoms with E-state index in [2.05, 4.69) is 46.4 Å². The summed E-state index contributed by atoms with van der Waals surface area (Å²) >= 11 is 0. The number of hydrogen-bond donors (Lipinski definition) is 3. The van der Waals surface area contributed by atoms with Crippen LogP contribution in [-0.2, 0) is 0 Å². The molecule has 0 saturated heterocycles. The lowest BCUT2D eigenvalue weighted by atomic mass is 9.60. The minimum absolute atomic E-state index is 0.180. The summed E-state index contributed by atoms with van der Waals surface area (Å²) in [4.78, 5) is 0. The molecule has 0 aliphatic heterocycles. The average molecular weight is 417 g/mol. The monoisotopic (exact) mass is 416 g/mol. The standard InChI is InChI=1S/C27H44O3/c1-17(2)25(29)13-8-18(3)23-11-12-24-20(7-6-14-27(23,24)5)9-10-21-15-22(28)16-26(30)19(21)4/h9-10,17-18,22-26,28-30H,4,6-8,11-16H2,1-3,5H3/b20-9?,21-10-/t18-,22-,23-,24?,25-,26?,27-/m1/s1. The normalized spacial score (nSPS) is 39.5. The summed E-state index contributed by atoms with van der Waals surface area (Å²) in [6.07, 6.45) is 12.4. The van der Waals surface area contributed by atoms with Crippen LogP contribution in [0, 0.1) is 29.1 Å². The van der Waals surface area contributed by atoms with Crippen molar-refractivity contribution in [2.75, 3.05) is 0 Å².